The number of aliphatic hydroxyl groups is 2. The fraction of sp³-hybridized carbons (Fsp3) is 0.600. The Labute approximate surface area is 110 Å². The van der Waals surface area contributed by atoms with Gasteiger partial charge < -0.3 is 15.1 Å². The molecular formula is C15H25NO2. The molecule has 0 fully saturated rings. The highest BCUT2D eigenvalue weighted by Gasteiger charge is 2.16. The van der Waals surface area contributed by atoms with Crippen molar-refractivity contribution >= 4 is 5.69 Å². The molecule has 0 saturated heterocycles. The van der Waals surface area contributed by atoms with Crippen LogP contribution < -0.4 is 4.90 Å². The number of rotatable bonds is 4. The zero-order valence-electron chi connectivity index (χ0n) is 12.1. The average Bonchev–Trinajstić information content (AvgIpc) is 2.27. The van der Waals surface area contributed by atoms with Crippen LogP contribution in [-0.4, -0.2) is 36.5 Å². The maximum atomic E-state index is 9.52. The van der Waals surface area contributed by atoms with E-state index in [1.165, 1.54) is 11.1 Å². The molecule has 1 rings (SSSR count). The predicted molar refractivity (Wildman–Crippen MR) is 76.2 cm³/mol. The molecule has 2 N–H and O–H groups in total. The van der Waals surface area contributed by atoms with Gasteiger partial charge >= 0.3 is 0 Å². The van der Waals surface area contributed by atoms with Crippen molar-refractivity contribution in [3.8, 4) is 0 Å². The molecule has 0 aliphatic heterocycles. The van der Waals surface area contributed by atoms with Gasteiger partial charge in [-0.3, -0.25) is 0 Å². The third kappa shape index (κ3) is 3.72. The van der Waals surface area contributed by atoms with Gasteiger partial charge in [-0.2, -0.15) is 0 Å². The molecule has 0 radical (unpaired) electrons. The molecule has 3 nitrogen and oxygen atoms in total. The van der Waals surface area contributed by atoms with Crippen LogP contribution in [0.5, 0.6) is 0 Å². The first-order chi connectivity index (χ1) is 8.25. The van der Waals surface area contributed by atoms with Crippen LogP contribution in [0, 0.1) is 6.92 Å². The summed E-state index contributed by atoms with van der Waals surface area (Å²) in [7, 11) is 1.94. The lowest BCUT2D eigenvalue weighted by molar-refractivity contribution is 0.101. The molecule has 0 spiro atoms. The number of hydrogen-bond donors (Lipinski definition) is 2. The number of hydrogen-bond acceptors (Lipinski definition) is 3. The standard InChI is InChI=1S/C15H25NO2/c1-11-6-7-12(15(2,3)4)8-14(11)16(5)9-13(18)10-17/h6-8,13,17-18H,9-10H2,1-5H3. The first-order valence-electron chi connectivity index (χ1n) is 6.37. The minimum atomic E-state index is -0.701. The zero-order valence-corrected chi connectivity index (χ0v) is 12.1. The summed E-state index contributed by atoms with van der Waals surface area (Å²) < 4.78 is 0. The summed E-state index contributed by atoms with van der Waals surface area (Å²) >= 11 is 0. The van der Waals surface area contributed by atoms with Gasteiger partial charge in [-0.1, -0.05) is 32.9 Å². The lowest BCUT2D eigenvalue weighted by atomic mass is 9.86. The third-order valence-corrected chi connectivity index (χ3v) is 3.18. The van der Waals surface area contributed by atoms with Crippen molar-refractivity contribution in [2.24, 2.45) is 0 Å². The number of likely N-dealkylation sites (N-methyl/N-ethyl adjacent to an activating group) is 1. The van der Waals surface area contributed by atoms with Gasteiger partial charge in [0.05, 0.1) is 12.7 Å². The quantitative estimate of drug-likeness (QED) is 0.861. The van der Waals surface area contributed by atoms with Crippen LogP contribution in [-0.2, 0) is 5.41 Å². The lowest BCUT2D eigenvalue weighted by Crippen LogP contribution is -2.31. The van der Waals surface area contributed by atoms with Gasteiger partial charge in [-0.25, -0.2) is 0 Å². The number of benzene rings is 1. The van der Waals surface area contributed by atoms with E-state index in [1.807, 2.05) is 11.9 Å². The van der Waals surface area contributed by atoms with Crippen LogP contribution in [0.3, 0.4) is 0 Å². The van der Waals surface area contributed by atoms with Crippen LogP contribution in [0.4, 0.5) is 5.69 Å². The summed E-state index contributed by atoms with van der Waals surface area (Å²) in [5.41, 5.74) is 3.66. The summed E-state index contributed by atoms with van der Waals surface area (Å²) in [6.07, 6.45) is -0.701. The maximum absolute atomic E-state index is 9.52. The maximum Gasteiger partial charge on any atom is 0.0945 e. The average molecular weight is 251 g/mol. The van der Waals surface area contributed by atoms with Gasteiger partial charge in [0.25, 0.3) is 0 Å². The molecular weight excluding hydrogens is 226 g/mol. The highest BCUT2D eigenvalue weighted by atomic mass is 16.3. The molecule has 0 bridgehead atoms. The van der Waals surface area contributed by atoms with Gasteiger partial charge in [-0.05, 0) is 29.5 Å². The fourth-order valence-electron chi connectivity index (χ4n) is 1.96. The monoisotopic (exact) mass is 251 g/mol. The minimum absolute atomic E-state index is 0.110. The Kier molecular flexibility index (Phi) is 4.77. The summed E-state index contributed by atoms with van der Waals surface area (Å²) in [6, 6.07) is 6.42. The first kappa shape index (κ1) is 15.0. The molecule has 0 aromatic heterocycles. The van der Waals surface area contributed by atoms with E-state index in [0.29, 0.717) is 6.54 Å². The molecule has 3 heteroatoms. The van der Waals surface area contributed by atoms with Crippen LogP contribution in [0.2, 0.25) is 0 Å². The molecule has 1 aromatic carbocycles. The molecule has 18 heavy (non-hydrogen) atoms. The van der Waals surface area contributed by atoms with Crippen molar-refractivity contribution in [2.75, 3.05) is 25.1 Å². The van der Waals surface area contributed by atoms with Crippen LogP contribution >= 0.6 is 0 Å². The van der Waals surface area contributed by atoms with E-state index in [9.17, 15) is 5.11 Å². The largest absolute Gasteiger partial charge is 0.394 e. The van der Waals surface area contributed by atoms with Gasteiger partial charge in [0, 0.05) is 19.3 Å². The molecule has 102 valence electrons. The number of aryl methyl sites for hydroxylation is 1. The molecule has 0 aliphatic rings. The zero-order chi connectivity index (χ0) is 13.9. The van der Waals surface area contributed by atoms with Crippen molar-refractivity contribution < 1.29 is 10.2 Å². The second-order valence-corrected chi connectivity index (χ2v) is 5.97. The Morgan fingerprint density at radius 1 is 1.28 bits per heavy atom. The smallest absolute Gasteiger partial charge is 0.0945 e. The van der Waals surface area contributed by atoms with Crippen molar-refractivity contribution in [3.05, 3.63) is 29.3 Å². The van der Waals surface area contributed by atoms with Crippen LogP contribution in [0.15, 0.2) is 18.2 Å². The lowest BCUT2D eigenvalue weighted by Gasteiger charge is -2.27. The van der Waals surface area contributed by atoms with Gasteiger partial charge in [-0.15, -0.1) is 0 Å². The predicted octanol–water partition coefficient (Wildman–Crippen LogP) is 2.08. The van der Waals surface area contributed by atoms with Gasteiger partial charge in [0.15, 0.2) is 0 Å². The van der Waals surface area contributed by atoms with E-state index in [0.717, 1.165) is 5.69 Å². The normalized spacial score (nSPS) is 13.5. The Balaban J connectivity index is 3.00. The van der Waals surface area contributed by atoms with E-state index in [4.69, 9.17) is 5.11 Å². The van der Waals surface area contributed by atoms with E-state index >= 15 is 0 Å². The molecule has 1 unspecified atom stereocenters. The number of nitrogens with zero attached hydrogens (tertiary/aromatic N) is 1. The fourth-order valence-corrected chi connectivity index (χ4v) is 1.96. The van der Waals surface area contributed by atoms with Crippen molar-refractivity contribution in [1.82, 2.24) is 0 Å². The van der Waals surface area contributed by atoms with Gasteiger partial charge in [0.1, 0.15) is 0 Å². The van der Waals surface area contributed by atoms with Crippen molar-refractivity contribution in [3.63, 3.8) is 0 Å². The summed E-state index contributed by atoms with van der Waals surface area (Å²) in [5.74, 6) is 0. The topological polar surface area (TPSA) is 43.7 Å². The highest BCUT2D eigenvalue weighted by Crippen LogP contribution is 2.28. The Morgan fingerprint density at radius 2 is 1.89 bits per heavy atom. The van der Waals surface area contributed by atoms with Gasteiger partial charge in [0.2, 0.25) is 0 Å². The van der Waals surface area contributed by atoms with Crippen LogP contribution in [0.25, 0.3) is 0 Å². The number of aliphatic hydroxyl groups excluding tert-OH is 2. The third-order valence-electron chi connectivity index (χ3n) is 3.18. The van der Waals surface area contributed by atoms with E-state index in [2.05, 4.69) is 45.9 Å². The second-order valence-electron chi connectivity index (χ2n) is 5.97. The molecule has 0 amide bonds. The highest BCUT2D eigenvalue weighted by molar-refractivity contribution is 5.55. The Hall–Kier alpha value is -1.06. The molecule has 0 heterocycles. The van der Waals surface area contributed by atoms with Crippen molar-refractivity contribution in [2.45, 2.75) is 39.2 Å². The molecule has 0 saturated carbocycles. The minimum Gasteiger partial charge on any atom is -0.394 e. The summed E-state index contributed by atoms with van der Waals surface area (Å²) in [4.78, 5) is 1.99. The number of anilines is 1. The summed E-state index contributed by atoms with van der Waals surface area (Å²) in [6.45, 7) is 8.84. The second kappa shape index (κ2) is 5.72. The molecule has 1 aromatic rings. The SMILES string of the molecule is Cc1ccc(C(C)(C)C)cc1N(C)CC(O)CO. The van der Waals surface area contributed by atoms with E-state index < -0.39 is 6.10 Å². The Morgan fingerprint density at radius 3 is 2.39 bits per heavy atom. The first-order valence-corrected chi connectivity index (χ1v) is 6.37. The van der Waals surface area contributed by atoms with Crippen molar-refractivity contribution in [1.29, 1.82) is 0 Å². The molecule has 0 aliphatic carbocycles. The van der Waals surface area contributed by atoms with E-state index in [-0.39, 0.29) is 12.0 Å². The molecule has 1 atom stereocenters. The van der Waals surface area contributed by atoms with Crippen LogP contribution in [0.1, 0.15) is 31.9 Å². The Bertz CT molecular complexity index is 396. The summed E-state index contributed by atoms with van der Waals surface area (Å²) in [5, 5.41) is 18.4. The van der Waals surface area contributed by atoms with E-state index in [1.54, 1.807) is 0 Å².